The third kappa shape index (κ3) is 4.71. The topological polar surface area (TPSA) is 80.0 Å². The quantitative estimate of drug-likeness (QED) is 0.278. The average Bonchev–Trinajstić information content (AvgIpc) is 3.42. The number of Topliss-reactive ketones (excluding diaryl/α,β-unsaturated/α-hetero) is 1. The summed E-state index contributed by atoms with van der Waals surface area (Å²) in [6.45, 7) is 8.51. The van der Waals surface area contributed by atoms with Crippen molar-refractivity contribution in [1.29, 1.82) is 0 Å². The molecule has 1 amide bonds. The van der Waals surface area contributed by atoms with E-state index in [1.165, 1.54) is 23.3 Å². The molecule has 0 bridgehead atoms. The zero-order valence-electron chi connectivity index (χ0n) is 20.2. The van der Waals surface area contributed by atoms with Crippen LogP contribution in [0.4, 0.5) is 4.39 Å². The SMILES string of the molecule is CCOc1ccc(/C(O)=C2/C(=O)C(=O)N(Cc3ccc(F)cc3)C2c2ccco2)cc1C(C)(C)C. The van der Waals surface area contributed by atoms with Crippen molar-refractivity contribution >= 4 is 17.4 Å². The van der Waals surface area contributed by atoms with Crippen LogP contribution in [0.2, 0.25) is 0 Å². The van der Waals surface area contributed by atoms with E-state index in [0.717, 1.165) is 5.56 Å². The van der Waals surface area contributed by atoms with E-state index in [1.807, 2.05) is 27.7 Å². The molecule has 0 spiro atoms. The van der Waals surface area contributed by atoms with Crippen molar-refractivity contribution < 1.29 is 28.2 Å². The van der Waals surface area contributed by atoms with E-state index in [2.05, 4.69) is 0 Å². The molecule has 3 aromatic rings. The Bertz CT molecular complexity index is 1270. The smallest absolute Gasteiger partial charge is 0.296 e. The zero-order valence-corrected chi connectivity index (χ0v) is 20.2. The van der Waals surface area contributed by atoms with Crippen LogP contribution in [0.3, 0.4) is 0 Å². The van der Waals surface area contributed by atoms with Crippen LogP contribution in [-0.4, -0.2) is 28.3 Å². The van der Waals surface area contributed by atoms with Crippen molar-refractivity contribution in [3.05, 3.63) is 94.7 Å². The number of rotatable bonds is 6. The first-order chi connectivity index (χ1) is 16.6. The number of aliphatic hydroxyl groups excluding tert-OH is 1. The summed E-state index contributed by atoms with van der Waals surface area (Å²) < 4.78 is 24.7. The van der Waals surface area contributed by atoms with E-state index >= 15 is 0 Å². The molecule has 7 heteroatoms. The van der Waals surface area contributed by atoms with E-state index in [0.29, 0.717) is 29.2 Å². The highest BCUT2D eigenvalue weighted by atomic mass is 19.1. The third-order valence-corrected chi connectivity index (χ3v) is 5.98. The number of nitrogens with zero attached hydrogens (tertiary/aromatic N) is 1. The molecule has 2 heterocycles. The van der Waals surface area contributed by atoms with E-state index in [9.17, 15) is 19.1 Å². The molecule has 0 saturated carbocycles. The Labute approximate surface area is 203 Å². The molecule has 0 aliphatic carbocycles. The van der Waals surface area contributed by atoms with E-state index in [1.54, 1.807) is 42.5 Å². The minimum Gasteiger partial charge on any atom is -0.507 e. The van der Waals surface area contributed by atoms with Gasteiger partial charge in [0.2, 0.25) is 0 Å². The Morgan fingerprint density at radius 1 is 1.11 bits per heavy atom. The van der Waals surface area contributed by atoms with E-state index < -0.39 is 23.5 Å². The number of likely N-dealkylation sites (tertiary alicyclic amines) is 1. The standard InChI is InChI=1S/C28H28FNO5/c1-5-34-21-13-10-18(15-20(21)28(2,3)4)25(31)23-24(22-7-6-14-35-22)30(27(33)26(23)32)16-17-8-11-19(29)12-9-17/h6-15,24,31H,5,16H2,1-4H3/b25-23-. The molecule has 0 radical (unpaired) electrons. The second-order valence-electron chi connectivity index (χ2n) is 9.46. The van der Waals surface area contributed by atoms with Crippen molar-refractivity contribution in [1.82, 2.24) is 4.90 Å². The molecule has 1 aromatic heterocycles. The molecule has 1 N–H and O–H groups in total. The monoisotopic (exact) mass is 477 g/mol. The molecule has 4 rings (SSSR count). The summed E-state index contributed by atoms with van der Waals surface area (Å²) in [6, 6.07) is 13.3. The molecule has 35 heavy (non-hydrogen) atoms. The average molecular weight is 478 g/mol. The van der Waals surface area contributed by atoms with Gasteiger partial charge in [-0.3, -0.25) is 9.59 Å². The Balaban J connectivity index is 1.84. The number of benzene rings is 2. The summed E-state index contributed by atoms with van der Waals surface area (Å²) in [4.78, 5) is 27.6. The van der Waals surface area contributed by atoms with Crippen molar-refractivity contribution in [2.24, 2.45) is 0 Å². The maximum atomic E-state index is 13.4. The molecule has 6 nitrogen and oxygen atoms in total. The van der Waals surface area contributed by atoms with Crippen LogP contribution in [0.1, 0.15) is 56.2 Å². The van der Waals surface area contributed by atoms with Gasteiger partial charge in [0.25, 0.3) is 11.7 Å². The van der Waals surface area contributed by atoms with Crippen molar-refractivity contribution in [2.75, 3.05) is 6.61 Å². The number of ether oxygens (including phenoxy) is 1. The van der Waals surface area contributed by atoms with E-state index in [4.69, 9.17) is 9.15 Å². The second kappa shape index (κ2) is 9.41. The van der Waals surface area contributed by atoms with Gasteiger partial charge in [-0.25, -0.2) is 4.39 Å². The highest BCUT2D eigenvalue weighted by Crippen LogP contribution is 2.41. The summed E-state index contributed by atoms with van der Waals surface area (Å²) in [5.41, 5.74) is 1.54. The molecule has 2 aromatic carbocycles. The molecular formula is C28H28FNO5. The second-order valence-corrected chi connectivity index (χ2v) is 9.46. The Hall–Kier alpha value is -3.87. The number of hydrogen-bond donors (Lipinski definition) is 1. The van der Waals surface area contributed by atoms with Crippen LogP contribution in [0.25, 0.3) is 5.76 Å². The fourth-order valence-corrected chi connectivity index (χ4v) is 4.27. The Kier molecular flexibility index (Phi) is 6.52. The highest BCUT2D eigenvalue weighted by molar-refractivity contribution is 6.46. The van der Waals surface area contributed by atoms with Crippen LogP contribution in [-0.2, 0) is 21.5 Å². The largest absolute Gasteiger partial charge is 0.507 e. The van der Waals surface area contributed by atoms with Gasteiger partial charge in [0, 0.05) is 17.7 Å². The predicted octanol–water partition coefficient (Wildman–Crippen LogP) is 5.74. The highest BCUT2D eigenvalue weighted by Gasteiger charge is 2.47. The lowest BCUT2D eigenvalue weighted by Gasteiger charge is -2.25. The number of halogens is 1. The number of amides is 1. The van der Waals surface area contributed by atoms with Crippen molar-refractivity contribution in [3.63, 3.8) is 0 Å². The van der Waals surface area contributed by atoms with Gasteiger partial charge in [0.05, 0.1) is 18.4 Å². The predicted molar refractivity (Wildman–Crippen MR) is 129 cm³/mol. The molecular weight excluding hydrogens is 449 g/mol. The van der Waals surface area contributed by atoms with Crippen LogP contribution in [0.5, 0.6) is 5.75 Å². The zero-order chi connectivity index (χ0) is 25.3. The summed E-state index contributed by atoms with van der Waals surface area (Å²) in [7, 11) is 0. The number of hydrogen-bond acceptors (Lipinski definition) is 5. The lowest BCUT2D eigenvalue weighted by atomic mass is 9.84. The van der Waals surface area contributed by atoms with E-state index in [-0.39, 0.29) is 23.3 Å². The molecule has 1 aliphatic rings. The van der Waals surface area contributed by atoms with Crippen LogP contribution in [0, 0.1) is 5.82 Å². The fourth-order valence-electron chi connectivity index (χ4n) is 4.27. The van der Waals surface area contributed by atoms with Crippen molar-refractivity contribution in [3.8, 4) is 5.75 Å². The van der Waals surface area contributed by atoms with Crippen LogP contribution in [0.15, 0.2) is 70.9 Å². The first-order valence-electron chi connectivity index (χ1n) is 11.5. The fraction of sp³-hybridized carbons (Fsp3) is 0.286. The summed E-state index contributed by atoms with van der Waals surface area (Å²) in [5.74, 6) is -1.23. The number of furan rings is 1. The minimum absolute atomic E-state index is 0.0452. The Morgan fingerprint density at radius 2 is 1.83 bits per heavy atom. The number of aliphatic hydroxyl groups is 1. The van der Waals surface area contributed by atoms with Gasteiger partial charge in [-0.05, 0) is 60.4 Å². The first-order valence-corrected chi connectivity index (χ1v) is 11.5. The molecule has 1 unspecified atom stereocenters. The molecule has 1 fully saturated rings. The van der Waals surface area contributed by atoms with Gasteiger partial charge >= 0.3 is 0 Å². The minimum atomic E-state index is -0.931. The first kappa shape index (κ1) is 24.3. The molecule has 1 saturated heterocycles. The summed E-state index contributed by atoms with van der Waals surface area (Å²) in [6.07, 6.45) is 1.45. The molecule has 1 aliphatic heterocycles. The molecule has 1 atom stereocenters. The number of ketones is 1. The Morgan fingerprint density at radius 3 is 2.43 bits per heavy atom. The number of carbonyl (C=O) groups excluding carboxylic acids is 2. The van der Waals surface area contributed by atoms with Gasteiger partial charge in [-0.15, -0.1) is 0 Å². The lowest BCUT2D eigenvalue weighted by Crippen LogP contribution is -2.29. The third-order valence-electron chi connectivity index (χ3n) is 5.98. The summed E-state index contributed by atoms with van der Waals surface area (Å²) >= 11 is 0. The summed E-state index contributed by atoms with van der Waals surface area (Å²) in [5, 5.41) is 11.4. The van der Waals surface area contributed by atoms with Gasteiger partial charge in [-0.2, -0.15) is 0 Å². The van der Waals surface area contributed by atoms with Gasteiger partial charge in [-0.1, -0.05) is 32.9 Å². The molecule has 182 valence electrons. The van der Waals surface area contributed by atoms with Crippen LogP contribution >= 0.6 is 0 Å². The van der Waals surface area contributed by atoms with Crippen molar-refractivity contribution in [2.45, 2.75) is 45.7 Å². The normalized spacial score (nSPS) is 17.7. The van der Waals surface area contributed by atoms with Gasteiger partial charge < -0.3 is 19.2 Å². The van der Waals surface area contributed by atoms with Gasteiger partial charge in [0.1, 0.15) is 29.1 Å². The maximum Gasteiger partial charge on any atom is 0.296 e. The van der Waals surface area contributed by atoms with Gasteiger partial charge in [0.15, 0.2) is 0 Å². The maximum absolute atomic E-state index is 13.4. The lowest BCUT2D eigenvalue weighted by molar-refractivity contribution is -0.140. The van der Waals surface area contributed by atoms with Crippen LogP contribution < -0.4 is 4.74 Å². The number of carbonyl (C=O) groups is 2.